The number of nitrogens with two attached hydrogens (primary N) is 1. The van der Waals surface area contributed by atoms with Crippen molar-refractivity contribution in [3.63, 3.8) is 0 Å². The van der Waals surface area contributed by atoms with Crippen LogP contribution in [0.2, 0.25) is 0 Å². The van der Waals surface area contributed by atoms with E-state index in [1.54, 1.807) is 32.9 Å². The van der Waals surface area contributed by atoms with Crippen LogP contribution in [-0.4, -0.2) is 37.0 Å². The Balaban J connectivity index is 3.35. The van der Waals surface area contributed by atoms with Gasteiger partial charge in [0.15, 0.2) is 0 Å². The van der Waals surface area contributed by atoms with Crippen molar-refractivity contribution in [3.05, 3.63) is 29.3 Å². The van der Waals surface area contributed by atoms with Crippen LogP contribution in [0.15, 0.2) is 23.1 Å². The van der Waals surface area contributed by atoms with Crippen LogP contribution < -0.4 is 5.73 Å². The second-order valence-electron chi connectivity index (χ2n) is 5.25. The normalized spacial score (nSPS) is 13.0. The molecule has 0 bridgehead atoms. The molecule has 0 aromatic heterocycles. The van der Waals surface area contributed by atoms with Crippen LogP contribution in [0.4, 0.5) is 0 Å². The van der Waals surface area contributed by atoms with Gasteiger partial charge in [-0.3, -0.25) is 0 Å². The summed E-state index contributed by atoms with van der Waals surface area (Å²) in [5, 5.41) is 9.32. The number of nitrogens with zero attached hydrogens (tertiary/aromatic N) is 1. The molecule has 19 heavy (non-hydrogen) atoms. The topological polar surface area (TPSA) is 83.6 Å². The largest absolute Gasteiger partial charge is 0.394 e. The molecular weight excluding hydrogens is 264 g/mol. The molecule has 6 heteroatoms. The lowest BCUT2D eigenvalue weighted by molar-refractivity contribution is 0.138. The molecule has 0 atom stereocenters. The highest BCUT2D eigenvalue weighted by atomic mass is 32.2. The van der Waals surface area contributed by atoms with Crippen molar-refractivity contribution in [2.24, 2.45) is 5.73 Å². The second-order valence-corrected chi connectivity index (χ2v) is 7.18. The molecular formula is C13H22N2O3S. The van der Waals surface area contributed by atoms with E-state index in [0.717, 1.165) is 5.56 Å². The zero-order chi connectivity index (χ0) is 14.8. The molecule has 0 aliphatic rings. The van der Waals surface area contributed by atoms with E-state index in [1.165, 1.54) is 11.4 Å². The number of likely N-dealkylation sites (N-methyl/N-ethyl adjacent to an activating group) is 1. The molecule has 0 unspecified atom stereocenters. The van der Waals surface area contributed by atoms with Crippen molar-refractivity contribution in [3.8, 4) is 0 Å². The van der Waals surface area contributed by atoms with E-state index in [2.05, 4.69) is 0 Å². The van der Waals surface area contributed by atoms with Crippen molar-refractivity contribution in [1.29, 1.82) is 0 Å². The zero-order valence-corrected chi connectivity index (χ0v) is 12.7. The number of aliphatic hydroxyl groups excluding tert-OH is 1. The summed E-state index contributed by atoms with van der Waals surface area (Å²) in [6, 6.07) is 5.15. The maximum absolute atomic E-state index is 12.6. The van der Waals surface area contributed by atoms with Crippen LogP contribution in [0, 0.1) is 6.92 Å². The molecule has 5 nitrogen and oxygen atoms in total. The van der Waals surface area contributed by atoms with Crippen LogP contribution in [-0.2, 0) is 16.6 Å². The van der Waals surface area contributed by atoms with Crippen LogP contribution in [0.25, 0.3) is 0 Å². The summed E-state index contributed by atoms with van der Waals surface area (Å²) >= 11 is 0. The van der Waals surface area contributed by atoms with E-state index >= 15 is 0 Å². The van der Waals surface area contributed by atoms with Crippen LogP contribution >= 0.6 is 0 Å². The average Bonchev–Trinajstić information content (AvgIpc) is 2.38. The van der Waals surface area contributed by atoms with Gasteiger partial charge in [-0.25, -0.2) is 8.42 Å². The second kappa shape index (κ2) is 5.58. The highest BCUT2D eigenvalue weighted by Crippen LogP contribution is 2.25. The highest BCUT2D eigenvalue weighted by molar-refractivity contribution is 7.89. The van der Waals surface area contributed by atoms with Gasteiger partial charge in [0.05, 0.1) is 17.0 Å². The van der Waals surface area contributed by atoms with E-state index in [4.69, 9.17) is 5.73 Å². The minimum absolute atomic E-state index is 0.236. The predicted octanol–water partition coefficient (Wildman–Crippen LogP) is 0.845. The molecule has 108 valence electrons. The van der Waals surface area contributed by atoms with Gasteiger partial charge in [0.25, 0.3) is 0 Å². The lowest BCUT2D eigenvalue weighted by Crippen LogP contribution is -2.47. The predicted molar refractivity (Wildman–Crippen MR) is 75.2 cm³/mol. The van der Waals surface area contributed by atoms with Crippen LogP contribution in [0.5, 0.6) is 0 Å². The minimum Gasteiger partial charge on any atom is -0.394 e. The fraction of sp³-hybridized carbons (Fsp3) is 0.538. The average molecular weight is 286 g/mol. The Bertz CT molecular complexity index is 553. The first-order valence-electron chi connectivity index (χ1n) is 6.06. The smallest absolute Gasteiger partial charge is 0.243 e. The lowest BCUT2D eigenvalue weighted by atomic mass is 10.1. The first-order valence-corrected chi connectivity index (χ1v) is 7.50. The molecule has 1 aromatic rings. The summed E-state index contributed by atoms with van der Waals surface area (Å²) in [5.41, 5.74) is 6.12. The van der Waals surface area contributed by atoms with Crippen molar-refractivity contribution < 1.29 is 13.5 Å². The fourth-order valence-electron chi connectivity index (χ4n) is 1.62. The molecule has 0 aliphatic carbocycles. The quantitative estimate of drug-likeness (QED) is 0.840. The molecule has 0 amide bonds. The first-order chi connectivity index (χ1) is 8.66. The molecule has 0 heterocycles. The van der Waals surface area contributed by atoms with E-state index in [0.29, 0.717) is 5.56 Å². The van der Waals surface area contributed by atoms with Crippen LogP contribution in [0.1, 0.15) is 25.0 Å². The summed E-state index contributed by atoms with van der Waals surface area (Å²) in [5.74, 6) is 0. The third-order valence-corrected chi connectivity index (χ3v) is 5.58. The van der Waals surface area contributed by atoms with E-state index in [9.17, 15) is 13.5 Å². The van der Waals surface area contributed by atoms with E-state index in [1.807, 2.05) is 6.07 Å². The van der Waals surface area contributed by atoms with Gasteiger partial charge in [-0.05, 0) is 38.0 Å². The SMILES string of the molecule is Cc1ccc(CN)cc1S(=O)(=O)N(C)C(C)(C)CO. The highest BCUT2D eigenvalue weighted by Gasteiger charge is 2.34. The van der Waals surface area contributed by atoms with E-state index < -0.39 is 15.6 Å². The van der Waals surface area contributed by atoms with Gasteiger partial charge in [-0.2, -0.15) is 4.31 Å². The number of benzene rings is 1. The third kappa shape index (κ3) is 3.14. The summed E-state index contributed by atoms with van der Waals surface area (Å²) in [4.78, 5) is 0.236. The first kappa shape index (κ1) is 16.1. The van der Waals surface area contributed by atoms with Crippen LogP contribution in [0.3, 0.4) is 0 Å². The minimum atomic E-state index is -3.65. The molecule has 0 fully saturated rings. The lowest BCUT2D eigenvalue weighted by Gasteiger charge is -2.33. The monoisotopic (exact) mass is 286 g/mol. The number of sulfonamides is 1. The molecule has 0 radical (unpaired) electrons. The van der Waals surface area contributed by atoms with Gasteiger partial charge in [-0.1, -0.05) is 12.1 Å². The summed E-state index contributed by atoms with van der Waals surface area (Å²) in [6.07, 6.45) is 0. The number of aliphatic hydroxyl groups is 1. The molecule has 1 rings (SSSR count). The number of aryl methyl sites for hydroxylation is 1. The van der Waals surface area contributed by atoms with Crippen molar-refractivity contribution in [2.75, 3.05) is 13.7 Å². The Labute approximate surface area is 115 Å². The fourth-order valence-corrected chi connectivity index (χ4v) is 3.40. The van der Waals surface area contributed by atoms with Crippen molar-refractivity contribution >= 4 is 10.0 Å². The Morgan fingerprint density at radius 3 is 2.42 bits per heavy atom. The molecule has 0 saturated heterocycles. The number of rotatable bonds is 5. The van der Waals surface area contributed by atoms with Gasteiger partial charge in [0.1, 0.15) is 0 Å². The molecule has 3 N–H and O–H groups in total. The molecule has 0 spiro atoms. The molecule has 0 aliphatic heterocycles. The molecule has 1 aromatic carbocycles. The third-order valence-electron chi connectivity index (χ3n) is 3.37. The number of hydrogen-bond acceptors (Lipinski definition) is 4. The van der Waals surface area contributed by atoms with Gasteiger partial charge < -0.3 is 10.8 Å². The Kier molecular flexibility index (Phi) is 4.73. The Morgan fingerprint density at radius 2 is 1.95 bits per heavy atom. The van der Waals surface area contributed by atoms with Crippen molar-refractivity contribution in [2.45, 2.75) is 37.8 Å². The standard InChI is InChI=1S/C13H22N2O3S/c1-10-5-6-11(8-14)7-12(10)19(17,18)15(4)13(2,3)9-16/h5-7,16H,8-9,14H2,1-4H3. The summed E-state index contributed by atoms with van der Waals surface area (Å²) in [6.45, 7) is 5.13. The van der Waals surface area contributed by atoms with Gasteiger partial charge in [-0.15, -0.1) is 0 Å². The van der Waals surface area contributed by atoms with E-state index in [-0.39, 0.29) is 18.0 Å². The molecule has 0 saturated carbocycles. The van der Waals surface area contributed by atoms with Gasteiger partial charge in [0, 0.05) is 13.6 Å². The Morgan fingerprint density at radius 1 is 1.37 bits per heavy atom. The maximum atomic E-state index is 12.6. The summed E-state index contributed by atoms with van der Waals surface area (Å²) in [7, 11) is -2.18. The Hall–Kier alpha value is -0.950. The van der Waals surface area contributed by atoms with Gasteiger partial charge >= 0.3 is 0 Å². The zero-order valence-electron chi connectivity index (χ0n) is 11.8. The maximum Gasteiger partial charge on any atom is 0.243 e. The van der Waals surface area contributed by atoms with Crippen molar-refractivity contribution in [1.82, 2.24) is 4.31 Å². The number of hydrogen-bond donors (Lipinski definition) is 2. The summed E-state index contributed by atoms with van der Waals surface area (Å²) < 4.78 is 26.4. The van der Waals surface area contributed by atoms with Gasteiger partial charge in [0.2, 0.25) is 10.0 Å².